The van der Waals surface area contributed by atoms with E-state index < -0.39 is 17.4 Å². The van der Waals surface area contributed by atoms with Crippen LogP contribution in [0.2, 0.25) is 0 Å². The molecule has 0 bridgehead atoms. The summed E-state index contributed by atoms with van der Waals surface area (Å²) in [6.07, 6.45) is 2.42. The standard InChI is InChI=1S/C18H19FN2O2/c19-14-7-3-8-15(11-14)21-17(22)20-12-18(23)10-4-6-13-5-1-2-9-16(13)18/h1-3,5,7-9,11,23H,4,6,10,12H2,(H2,20,21,22). The number of amides is 2. The van der Waals surface area contributed by atoms with Crippen LogP contribution in [0.4, 0.5) is 14.9 Å². The number of carbonyl (C=O) groups is 1. The topological polar surface area (TPSA) is 61.4 Å². The van der Waals surface area contributed by atoms with Gasteiger partial charge in [0.25, 0.3) is 0 Å². The van der Waals surface area contributed by atoms with Crippen LogP contribution >= 0.6 is 0 Å². The first-order chi connectivity index (χ1) is 11.1. The molecule has 0 saturated carbocycles. The fraction of sp³-hybridized carbons (Fsp3) is 0.278. The van der Waals surface area contributed by atoms with Gasteiger partial charge in [-0.05, 0) is 48.6 Å². The molecule has 0 saturated heterocycles. The molecular weight excluding hydrogens is 295 g/mol. The maximum atomic E-state index is 13.1. The van der Waals surface area contributed by atoms with E-state index in [0.29, 0.717) is 12.1 Å². The van der Waals surface area contributed by atoms with E-state index in [9.17, 15) is 14.3 Å². The summed E-state index contributed by atoms with van der Waals surface area (Å²) in [5.74, 6) is -0.414. The van der Waals surface area contributed by atoms with E-state index in [4.69, 9.17) is 0 Å². The van der Waals surface area contributed by atoms with Crippen LogP contribution in [0.15, 0.2) is 48.5 Å². The van der Waals surface area contributed by atoms with Crippen molar-refractivity contribution < 1.29 is 14.3 Å². The second kappa shape index (κ2) is 6.38. The van der Waals surface area contributed by atoms with Crippen molar-refractivity contribution >= 4 is 11.7 Å². The van der Waals surface area contributed by atoms with Crippen molar-refractivity contribution in [2.75, 3.05) is 11.9 Å². The molecule has 23 heavy (non-hydrogen) atoms. The number of carbonyl (C=O) groups excluding carboxylic acids is 1. The van der Waals surface area contributed by atoms with Crippen molar-refractivity contribution in [3.05, 3.63) is 65.5 Å². The average molecular weight is 314 g/mol. The molecule has 0 radical (unpaired) electrons. The normalized spacial score (nSPS) is 19.7. The molecule has 1 unspecified atom stereocenters. The van der Waals surface area contributed by atoms with Crippen molar-refractivity contribution in [3.63, 3.8) is 0 Å². The lowest BCUT2D eigenvalue weighted by molar-refractivity contribution is 0.0221. The highest BCUT2D eigenvalue weighted by Crippen LogP contribution is 2.34. The van der Waals surface area contributed by atoms with Gasteiger partial charge in [-0.2, -0.15) is 0 Å². The second-order valence-corrected chi connectivity index (χ2v) is 5.86. The van der Waals surface area contributed by atoms with E-state index in [1.807, 2.05) is 24.3 Å². The van der Waals surface area contributed by atoms with Gasteiger partial charge in [0.1, 0.15) is 11.4 Å². The Morgan fingerprint density at radius 2 is 2.04 bits per heavy atom. The van der Waals surface area contributed by atoms with E-state index in [1.165, 1.54) is 18.2 Å². The fourth-order valence-electron chi connectivity index (χ4n) is 3.05. The molecule has 1 aliphatic carbocycles. The monoisotopic (exact) mass is 314 g/mol. The molecule has 0 aromatic heterocycles. The number of nitrogens with one attached hydrogen (secondary N) is 2. The number of fused-ring (bicyclic) bond motifs is 1. The Morgan fingerprint density at radius 1 is 1.22 bits per heavy atom. The average Bonchev–Trinajstić information content (AvgIpc) is 2.54. The Kier molecular flexibility index (Phi) is 4.30. The molecule has 1 aliphatic rings. The van der Waals surface area contributed by atoms with Gasteiger partial charge in [0.15, 0.2) is 0 Å². The molecule has 2 aromatic rings. The molecule has 5 heteroatoms. The Bertz CT molecular complexity index is 720. The molecule has 2 aromatic carbocycles. The number of rotatable bonds is 3. The van der Waals surface area contributed by atoms with E-state index >= 15 is 0 Å². The summed E-state index contributed by atoms with van der Waals surface area (Å²) in [5, 5.41) is 16.1. The summed E-state index contributed by atoms with van der Waals surface area (Å²) >= 11 is 0. The van der Waals surface area contributed by atoms with E-state index in [-0.39, 0.29) is 6.54 Å². The zero-order chi connectivity index (χ0) is 16.3. The Morgan fingerprint density at radius 3 is 2.87 bits per heavy atom. The largest absolute Gasteiger partial charge is 0.383 e. The van der Waals surface area contributed by atoms with Gasteiger partial charge < -0.3 is 15.7 Å². The number of aryl methyl sites for hydroxylation is 1. The van der Waals surface area contributed by atoms with Gasteiger partial charge in [-0.1, -0.05) is 30.3 Å². The van der Waals surface area contributed by atoms with Gasteiger partial charge in [0.05, 0.1) is 6.54 Å². The van der Waals surface area contributed by atoms with Crippen molar-refractivity contribution in [1.29, 1.82) is 0 Å². The number of hydrogen-bond donors (Lipinski definition) is 3. The summed E-state index contributed by atoms with van der Waals surface area (Å²) in [6.45, 7) is 0.116. The van der Waals surface area contributed by atoms with Crippen LogP contribution in [0.1, 0.15) is 24.0 Å². The van der Waals surface area contributed by atoms with Crippen molar-refractivity contribution in [2.24, 2.45) is 0 Å². The number of anilines is 1. The molecule has 4 nitrogen and oxygen atoms in total. The second-order valence-electron chi connectivity index (χ2n) is 5.86. The quantitative estimate of drug-likeness (QED) is 0.815. The minimum absolute atomic E-state index is 0.116. The molecule has 0 spiro atoms. The van der Waals surface area contributed by atoms with E-state index in [0.717, 1.165) is 24.0 Å². The van der Waals surface area contributed by atoms with Crippen molar-refractivity contribution in [1.82, 2.24) is 5.32 Å². The van der Waals surface area contributed by atoms with Crippen LogP contribution in [0.25, 0.3) is 0 Å². The highest BCUT2D eigenvalue weighted by atomic mass is 19.1. The number of aliphatic hydroxyl groups is 1. The summed E-state index contributed by atoms with van der Waals surface area (Å²) in [6, 6.07) is 13.0. The SMILES string of the molecule is O=C(NCC1(O)CCCc2ccccc21)Nc1cccc(F)c1. The molecule has 2 amide bonds. The molecule has 0 aliphatic heterocycles. The Balaban J connectivity index is 1.65. The number of hydrogen-bond acceptors (Lipinski definition) is 2. The summed E-state index contributed by atoms with van der Waals surface area (Å²) in [5.41, 5.74) is 1.30. The van der Waals surface area contributed by atoms with Crippen LogP contribution in [-0.2, 0) is 12.0 Å². The van der Waals surface area contributed by atoms with Crippen LogP contribution in [-0.4, -0.2) is 17.7 Å². The highest BCUT2D eigenvalue weighted by molar-refractivity contribution is 5.89. The predicted octanol–water partition coefficient (Wildman–Crippen LogP) is 3.17. The van der Waals surface area contributed by atoms with E-state index in [2.05, 4.69) is 10.6 Å². The number of halogens is 1. The maximum Gasteiger partial charge on any atom is 0.319 e. The summed E-state index contributed by atoms with van der Waals surface area (Å²) in [4.78, 5) is 12.0. The lowest BCUT2D eigenvalue weighted by Gasteiger charge is -2.34. The molecule has 120 valence electrons. The molecule has 3 rings (SSSR count). The summed E-state index contributed by atoms with van der Waals surface area (Å²) < 4.78 is 13.1. The first-order valence-corrected chi connectivity index (χ1v) is 7.68. The molecule has 1 atom stereocenters. The lowest BCUT2D eigenvalue weighted by atomic mass is 9.79. The van der Waals surface area contributed by atoms with Gasteiger partial charge in [0, 0.05) is 5.69 Å². The van der Waals surface area contributed by atoms with E-state index in [1.54, 1.807) is 6.07 Å². The van der Waals surface area contributed by atoms with Crippen molar-refractivity contribution in [3.8, 4) is 0 Å². The first-order valence-electron chi connectivity index (χ1n) is 7.68. The van der Waals surface area contributed by atoms with Crippen LogP contribution < -0.4 is 10.6 Å². The third-order valence-electron chi connectivity index (χ3n) is 4.18. The smallest absolute Gasteiger partial charge is 0.319 e. The minimum atomic E-state index is -1.06. The Hall–Kier alpha value is -2.40. The lowest BCUT2D eigenvalue weighted by Crippen LogP contribution is -2.44. The molecule has 0 fully saturated rings. The number of benzene rings is 2. The zero-order valence-corrected chi connectivity index (χ0v) is 12.7. The van der Waals surface area contributed by atoms with Gasteiger partial charge in [-0.25, -0.2) is 9.18 Å². The van der Waals surface area contributed by atoms with Crippen LogP contribution in [0, 0.1) is 5.82 Å². The summed E-state index contributed by atoms with van der Waals surface area (Å²) in [7, 11) is 0. The van der Waals surface area contributed by atoms with Gasteiger partial charge >= 0.3 is 6.03 Å². The molecular formula is C18H19FN2O2. The molecule has 0 heterocycles. The third-order valence-corrected chi connectivity index (χ3v) is 4.18. The maximum absolute atomic E-state index is 13.1. The van der Waals surface area contributed by atoms with Crippen LogP contribution in [0.5, 0.6) is 0 Å². The highest BCUT2D eigenvalue weighted by Gasteiger charge is 2.34. The van der Waals surface area contributed by atoms with Gasteiger partial charge in [-0.3, -0.25) is 0 Å². The van der Waals surface area contributed by atoms with Crippen LogP contribution in [0.3, 0.4) is 0 Å². The minimum Gasteiger partial charge on any atom is -0.383 e. The molecule has 3 N–H and O–H groups in total. The predicted molar refractivity (Wildman–Crippen MR) is 86.7 cm³/mol. The zero-order valence-electron chi connectivity index (χ0n) is 12.7. The fourth-order valence-corrected chi connectivity index (χ4v) is 3.05. The number of urea groups is 1. The third kappa shape index (κ3) is 3.51. The van der Waals surface area contributed by atoms with Crippen molar-refractivity contribution in [2.45, 2.75) is 24.9 Å². The van der Waals surface area contributed by atoms with Gasteiger partial charge in [0.2, 0.25) is 0 Å². The Labute approximate surface area is 134 Å². The first kappa shape index (κ1) is 15.5. The van der Waals surface area contributed by atoms with Gasteiger partial charge in [-0.15, -0.1) is 0 Å².